The maximum absolute atomic E-state index is 13.4. The molecular formula is C27H20ClF3N6O4. The van der Waals surface area contributed by atoms with Gasteiger partial charge in [0.15, 0.2) is 5.69 Å². The summed E-state index contributed by atoms with van der Waals surface area (Å²) in [7, 11) is 1.56. The van der Waals surface area contributed by atoms with Gasteiger partial charge in [-0.05, 0) is 37.6 Å². The van der Waals surface area contributed by atoms with Crippen LogP contribution in [-0.4, -0.2) is 35.8 Å². The minimum absolute atomic E-state index is 0.0301. The number of aromatic nitrogens is 5. The zero-order valence-electron chi connectivity index (χ0n) is 21.6. The molecule has 0 aliphatic rings. The maximum atomic E-state index is 13.4. The van der Waals surface area contributed by atoms with E-state index in [1.165, 1.54) is 28.8 Å². The zero-order chi connectivity index (χ0) is 29.6. The minimum atomic E-state index is -4.76. The molecule has 41 heavy (non-hydrogen) atoms. The molecule has 3 heterocycles. The van der Waals surface area contributed by atoms with Gasteiger partial charge in [-0.1, -0.05) is 47.1 Å². The number of nitrogens with one attached hydrogen (secondary N) is 1. The summed E-state index contributed by atoms with van der Waals surface area (Å²) in [6.45, 7) is 3.62. The van der Waals surface area contributed by atoms with Crippen LogP contribution in [0.1, 0.15) is 40.5 Å². The number of carboxylic acids is 1. The van der Waals surface area contributed by atoms with Gasteiger partial charge in [0.05, 0.1) is 22.6 Å². The second-order valence-electron chi connectivity index (χ2n) is 9.25. The van der Waals surface area contributed by atoms with E-state index < -0.39 is 24.1 Å². The van der Waals surface area contributed by atoms with E-state index in [9.17, 15) is 27.9 Å². The van der Waals surface area contributed by atoms with Crippen LogP contribution in [0.15, 0.2) is 57.8 Å². The Hall–Kier alpha value is -4.78. The number of fused-ring (bicyclic) bond motifs is 1. The third-order valence-electron chi connectivity index (χ3n) is 6.33. The molecule has 2 aromatic carbocycles. The van der Waals surface area contributed by atoms with E-state index in [2.05, 4.69) is 25.0 Å². The number of pyridine rings is 1. The Bertz CT molecular complexity index is 1870. The van der Waals surface area contributed by atoms with Crippen molar-refractivity contribution in [1.82, 2.24) is 24.7 Å². The third kappa shape index (κ3) is 5.35. The summed E-state index contributed by atoms with van der Waals surface area (Å²) in [4.78, 5) is 37.2. The van der Waals surface area contributed by atoms with Crippen LogP contribution in [0.5, 0.6) is 0 Å². The number of aryl methyl sites for hydroxylation is 1. The van der Waals surface area contributed by atoms with Crippen molar-refractivity contribution in [3.63, 3.8) is 0 Å². The standard InChI is InChI=1S/C27H20ClF3N6O4/c1-12-10-16(13(2)32-18-8-9-19(28)33-21(18)25(39)40)20-17(11-12)24(38)37(3)23(34-20)15-6-4-14(5-7-15)22-35-26(41-36-22)27(29,30)31/h4-11,13,32H,1-3H3,(H,39,40)/t13-/m1/s1. The predicted octanol–water partition coefficient (Wildman–Crippen LogP) is 5.90. The van der Waals surface area contributed by atoms with Crippen LogP contribution in [0, 0.1) is 6.92 Å². The Morgan fingerprint density at radius 3 is 2.39 bits per heavy atom. The van der Waals surface area contributed by atoms with Gasteiger partial charge in [0.1, 0.15) is 11.0 Å². The first-order valence-electron chi connectivity index (χ1n) is 12.0. The number of halogens is 4. The fourth-order valence-corrected chi connectivity index (χ4v) is 4.54. The second-order valence-corrected chi connectivity index (χ2v) is 9.64. The van der Waals surface area contributed by atoms with Crippen LogP contribution in [-0.2, 0) is 13.2 Å². The van der Waals surface area contributed by atoms with Gasteiger partial charge in [0, 0.05) is 23.7 Å². The lowest BCUT2D eigenvalue weighted by atomic mass is 10.0. The van der Waals surface area contributed by atoms with E-state index in [-0.39, 0.29) is 33.5 Å². The minimum Gasteiger partial charge on any atom is -0.476 e. The van der Waals surface area contributed by atoms with Crippen molar-refractivity contribution in [2.45, 2.75) is 26.1 Å². The Morgan fingerprint density at radius 2 is 1.76 bits per heavy atom. The van der Waals surface area contributed by atoms with Crippen molar-refractivity contribution in [1.29, 1.82) is 0 Å². The van der Waals surface area contributed by atoms with Gasteiger partial charge < -0.3 is 14.9 Å². The molecule has 0 aliphatic heterocycles. The molecule has 1 atom stereocenters. The second kappa shape index (κ2) is 10.3. The first kappa shape index (κ1) is 27.8. The summed E-state index contributed by atoms with van der Waals surface area (Å²) in [5.41, 5.74) is 2.27. The number of nitrogens with zero attached hydrogens (tertiary/aromatic N) is 5. The summed E-state index contributed by atoms with van der Waals surface area (Å²) < 4.78 is 44.2. The molecule has 0 unspecified atom stereocenters. The van der Waals surface area contributed by atoms with E-state index in [1.807, 2.05) is 13.0 Å². The molecule has 2 N–H and O–H groups in total. The van der Waals surface area contributed by atoms with Gasteiger partial charge >= 0.3 is 18.0 Å². The van der Waals surface area contributed by atoms with E-state index in [4.69, 9.17) is 16.6 Å². The smallest absolute Gasteiger partial charge is 0.471 e. The van der Waals surface area contributed by atoms with Gasteiger partial charge in [0.25, 0.3) is 5.56 Å². The van der Waals surface area contributed by atoms with Gasteiger partial charge in [-0.2, -0.15) is 18.2 Å². The highest BCUT2D eigenvalue weighted by molar-refractivity contribution is 6.29. The molecule has 14 heteroatoms. The molecule has 0 saturated heterocycles. The van der Waals surface area contributed by atoms with Gasteiger partial charge in [-0.3, -0.25) is 9.36 Å². The number of carbonyl (C=O) groups is 1. The van der Waals surface area contributed by atoms with Gasteiger partial charge in [-0.15, -0.1) is 0 Å². The van der Waals surface area contributed by atoms with Gasteiger partial charge in [0.2, 0.25) is 5.82 Å². The summed E-state index contributed by atoms with van der Waals surface area (Å²) >= 11 is 5.88. The van der Waals surface area contributed by atoms with E-state index in [1.54, 1.807) is 32.2 Å². The number of alkyl halides is 3. The molecular weight excluding hydrogens is 565 g/mol. The van der Waals surface area contributed by atoms with Crippen LogP contribution in [0.3, 0.4) is 0 Å². The quantitative estimate of drug-likeness (QED) is 0.234. The monoisotopic (exact) mass is 584 g/mol. The van der Waals surface area contributed by atoms with Crippen molar-refractivity contribution in [3.8, 4) is 22.8 Å². The Morgan fingerprint density at radius 1 is 1.07 bits per heavy atom. The third-order valence-corrected chi connectivity index (χ3v) is 6.54. The molecule has 0 fully saturated rings. The highest BCUT2D eigenvalue weighted by Gasteiger charge is 2.38. The first-order chi connectivity index (χ1) is 19.3. The number of benzene rings is 2. The molecule has 0 aliphatic carbocycles. The molecule has 0 bridgehead atoms. The number of hydrogen-bond donors (Lipinski definition) is 2. The highest BCUT2D eigenvalue weighted by Crippen LogP contribution is 2.31. The van der Waals surface area contributed by atoms with Crippen LogP contribution in [0.2, 0.25) is 5.15 Å². The van der Waals surface area contributed by atoms with Crippen molar-refractivity contribution >= 4 is 34.2 Å². The van der Waals surface area contributed by atoms with Crippen molar-refractivity contribution in [3.05, 3.63) is 86.7 Å². The highest BCUT2D eigenvalue weighted by atomic mass is 35.5. The predicted molar refractivity (Wildman–Crippen MR) is 144 cm³/mol. The number of hydrogen-bond acceptors (Lipinski definition) is 8. The normalized spacial score (nSPS) is 12.5. The van der Waals surface area contributed by atoms with Crippen LogP contribution >= 0.6 is 11.6 Å². The van der Waals surface area contributed by atoms with Gasteiger partial charge in [-0.25, -0.2) is 14.8 Å². The molecule has 5 rings (SSSR count). The Labute approximate surface area is 234 Å². The van der Waals surface area contributed by atoms with Crippen molar-refractivity contribution in [2.75, 3.05) is 5.32 Å². The topological polar surface area (TPSA) is 136 Å². The fraction of sp³-hybridized carbons (Fsp3) is 0.185. The average molecular weight is 585 g/mol. The average Bonchev–Trinajstić information content (AvgIpc) is 3.43. The van der Waals surface area contributed by atoms with Crippen molar-refractivity contribution in [2.24, 2.45) is 7.05 Å². The fourth-order valence-electron chi connectivity index (χ4n) is 4.39. The lowest BCUT2D eigenvalue weighted by Gasteiger charge is -2.20. The maximum Gasteiger partial charge on any atom is 0.471 e. The molecule has 0 spiro atoms. The first-order valence-corrected chi connectivity index (χ1v) is 12.4. The van der Waals surface area contributed by atoms with Crippen LogP contribution in [0.4, 0.5) is 18.9 Å². The lowest BCUT2D eigenvalue weighted by Crippen LogP contribution is -2.22. The molecule has 3 aromatic heterocycles. The molecule has 0 amide bonds. The molecule has 0 saturated carbocycles. The SMILES string of the molecule is Cc1cc([C@@H](C)Nc2ccc(Cl)nc2C(=O)O)c2nc(-c3ccc(-c4noc(C(F)(F)F)n4)cc3)n(C)c(=O)c2c1. The van der Waals surface area contributed by atoms with Crippen LogP contribution in [0.25, 0.3) is 33.7 Å². The Kier molecular flexibility index (Phi) is 6.99. The van der Waals surface area contributed by atoms with Crippen molar-refractivity contribution < 1.29 is 27.6 Å². The molecule has 10 nitrogen and oxygen atoms in total. The number of rotatable bonds is 6. The summed E-state index contributed by atoms with van der Waals surface area (Å²) in [6, 6.07) is 12.2. The Balaban J connectivity index is 1.57. The molecule has 5 aromatic rings. The number of carboxylic acid groups (broad SMARTS) is 1. The number of aromatic carboxylic acids is 1. The van der Waals surface area contributed by atoms with Crippen LogP contribution < -0.4 is 10.9 Å². The van der Waals surface area contributed by atoms with E-state index >= 15 is 0 Å². The van der Waals surface area contributed by atoms with E-state index in [0.717, 1.165) is 5.56 Å². The summed E-state index contributed by atoms with van der Waals surface area (Å²) in [5.74, 6) is -2.65. The lowest BCUT2D eigenvalue weighted by molar-refractivity contribution is -0.159. The van der Waals surface area contributed by atoms with E-state index in [0.29, 0.717) is 27.9 Å². The number of anilines is 1. The largest absolute Gasteiger partial charge is 0.476 e. The molecule has 210 valence electrons. The molecule has 0 radical (unpaired) electrons. The summed E-state index contributed by atoms with van der Waals surface area (Å²) in [5, 5.41) is 16.5. The summed E-state index contributed by atoms with van der Waals surface area (Å²) in [6.07, 6.45) is -4.76. The zero-order valence-corrected chi connectivity index (χ0v) is 22.4.